The van der Waals surface area contributed by atoms with Crippen LogP contribution in [0.4, 0.5) is 5.69 Å². The largest absolute Gasteiger partial charge is 0.324 e. The van der Waals surface area contributed by atoms with Crippen LogP contribution in [-0.4, -0.2) is 35.7 Å². The average Bonchev–Trinajstić information content (AvgIpc) is 2.69. The van der Waals surface area contributed by atoms with Crippen LogP contribution in [0.15, 0.2) is 53.0 Å². The fraction of sp³-hybridized carbons (Fsp3) is 0.333. The molecule has 1 amide bonds. The maximum atomic E-state index is 12.9. The van der Waals surface area contributed by atoms with Crippen LogP contribution in [-0.2, 0) is 4.79 Å². The zero-order valence-corrected chi connectivity index (χ0v) is 16.5. The van der Waals surface area contributed by atoms with Gasteiger partial charge in [0.2, 0.25) is 5.91 Å². The summed E-state index contributed by atoms with van der Waals surface area (Å²) in [4.78, 5) is 27.8. The zero-order valence-electron chi connectivity index (χ0n) is 14.9. The quantitative estimate of drug-likeness (QED) is 0.732. The van der Waals surface area contributed by atoms with Crippen LogP contribution < -0.4 is 5.32 Å². The molecule has 3 rings (SSSR count). The number of anilines is 1. The first-order valence-electron chi connectivity index (χ1n) is 9.00. The minimum Gasteiger partial charge on any atom is -0.324 e. The Morgan fingerprint density at radius 1 is 1.04 bits per heavy atom. The molecule has 2 aromatic rings. The van der Waals surface area contributed by atoms with Crippen molar-refractivity contribution in [2.75, 3.05) is 18.4 Å². The van der Waals surface area contributed by atoms with Crippen LogP contribution in [0.25, 0.3) is 0 Å². The highest BCUT2D eigenvalue weighted by Gasteiger charge is 2.24. The minimum atomic E-state index is -0.210. The Bertz CT molecular complexity index is 786. The molecule has 1 saturated heterocycles. The third kappa shape index (κ3) is 4.40. The number of ketones is 1. The van der Waals surface area contributed by atoms with Crippen LogP contribution in [0.2, 0.25) is 0 Å². The first kappa shape index (κ1) is 18.8. The molecule has 0 bridgehead atoms. The van der Waals surface area contributed by atoms with Crippen LogP contribution in [0.5, 0.6) is 0 Å². The molecule has 0 unspecified atom stereocenters. The Balaban J connectivity index is 1.81. The molecule has 4 nitrogen and oxygen atoms in total. The summed E-state index contributed by atoms with van der Waals surface area (Å²) in [5.41, 5.74) is 1.64. The minimum absolute atomic E-state index is 0.0728. The van der Waals surface area contributed by atoms with E-state index in [1.165, 1.54) is 6.42 Å². The van der Waals surface area contributed by atoms with Gasteiger partial charge >= 0.3 is 0 Å². The van der Waals surface area contributed by atoms with E-state index in [0.717, 1.165) is 30.4 Å². The SMILES string of the molecule is C[C@@H](C(=O)Nc1ccc(Br)cc1C(=O)c1ccccc1)N1CCCCC1. The van der Waals surface area contributed by atoms with Gasteiger partial charge in [0.25, 0.3) is 0 Å². The van der Waals surface area contributed by atoms with E-state index in [0.29, 0.717) is 16.8 Å². The van der Waals surface area contributed by atoms with E-state index in [2.05, 4.69) is 26.1 Å². The number of amides is 1. The van der Waals surface area contributed by atoms with E-state index >= 15 is 0 Å². The average molecular weight is 415 g/mol. The van der Waals surface area contributed by atoms with Gasteiger partial charge in [0, 0.05) is 15.6 Å². The number of nitrogens with zero attached hydrogens (tertiary/aromatic N) is 1. The van der Waals surface area contributed by atoms with Crippen molar-refractivity contribution in [1.29, 1.82) is 0 Å². The molecule has 1 atom stereocenters. The molecular weight excluding hydrogens is 392 g/mol. The Morgan fingerprint density at radius 3 is 2.42 bits per heavy atom. The fourth-order valence-electron chi connectivity index (χ4n) is 3.27. The molecule has 26 heavy (non-hydrogen) atoms. The molecule has 0 aliphatic carbocycles. The zero-order chi connectivity index (χ0) is 18.5. The normalized spacial score (nSPS) is 16.1. The number of hydrogen-bond acceptors (Lipinski definition) is 3. The van der Waals surface area contributed by atoms with Crippen molar-refractivity contribution >= 4 is 33.3 Å². The third-order valence-corrected chi connectivity index (χ3v) is 5.33. The maximum Gasteiger partial charge on any atom is 0.241 e. The summed E-state index contributed by atoms with van der Waals surface area (Å²) in [6, 6.07) is 14.3. The van der Waals surface area contributed by atoms with Crippen LogP contribution in [0.1, 0.15) is 42.1 Å². The second-order valence-corrected chi connectivity index (χ2v) is 7.56. The van der Waals surface area contributed by atoms with Gasteiger partial charge in [0.1, 0.15) is 0 Å². The number of benzene rings is 2. The summed E-state index contributed by atoms with van der Waals surface area (Å²) >= 11 is 3.42. The van der Waals surface area contributed by atoms with Gasteiger partial charge < -0.3 is 5.32 Å². The highest BCUT2D eigenvalue weighted by Crippen LogP contribution is 2.25. The van der Waals surface area contributed by atoms with E-state index in [1.54, 1.807) is 24.3 Å². The van der Waals surface area contributed by atoms with Crippen molar-refractivity contribution in [2.45, 2.75) is 32.2 Å². The lowest BCUT2D eigenvalue weighted by molar-refractivity contribution is -0.121. The predicted molar refractivity (Wildman–Crippen MR) is 108 cm³/mol. The molecule has 0 aromatic heterocycles. The van der Waals surface area contributed by atoms with Crippen molar-refractivity contribution < 1.29 is 9.59 Å². The molecule has 136 valence electrons. The Kier molecular flexibility index (Phi) is 6.22. The predicted octanol–water partition coefficient (Wildman–Crippen LogP) is 4.49. The molecule has 0 radical (unpaired) electrons. The van der Waals surface area contributed by atoms with Crippen molar-refractivity contribution in [3.63, 3.8) is 0 Å². The maximum absolute atomic E-state index is 12.9. The number of carbonyl (C=O) groups is 2. The van der Waals surface area contributed by atoms with Crippen molar-refractivity contribution in [3.05, 3.63) is 64.1 Å². The monoisotopic (exact) mass is 414 g/mol. The molecule has 1 N–H and O–H groups in total. The number of likely N-dealkylation sites (tertiary alicyclic amines) is 1. The third-order valence-electron chi connectivity index (χ3n) is 4.84. The number of nitrogens with one attached hydrogen (secondary N) is 1. The number of hydrogen-bond donors (Lipinski definition) is 1. The van der Waals surface area contributed by atoms with Crippen LogP contribution in [0, 0.1) is 0 Å². The smallest absolute Gasteiger partial charge is 0.241 e. The molecule has 2 aromatic carbocycles. The molecular formula is C21H23BrN2O2. The van der Waals surface area contributed by atoms with E-state index in [9.17, 15) is 9.59 Å². The van der Waals surface area contributed by atoms with Gasteiger partial charge in [-0.25, -0.2) is 0 Å². The summed E-state index contributed by atoms with van der Waals surface area (Å²) in [7, 11) is 0. The second kappa shape index (κ2) is 8.60. The molecule has 1 fully saturated rings. The first-order valence-corrected chi connectivity index (χ1v) is 9.80. The Morgan fingerprint density at radius 2 is 1.73 bits per heavy atom. The van der Waals surface area contributed by atoms with Gasteiger partial charge in [-0.05, 0) is 51.1 Å². The van der Waals surface area contributed by atoms with Crippen LogP contribution >= 0.6 is 15.9 Å². The second-order valence-electron chi connectivity index (χ2n) is 6.65. The summed E-state index contributed by atoms with van der Waals surface area (Å²) in [5, 5.41) is 2.96. The number of piperidine rings is 1. The highest BCUT2D eigenvalue weighted by atomic mass is 79.9. The number of rotatable bonds is 5. The Labute approximate surface area is 162 Å². The summed E-state index contributed by atoms with van der Waals surface area (Å²) < 4.78 is 0.804. The van der Waals surface area contributed by atoms with Crippen LogP contribution in [0.3, 0.4) is 0 Å². The van der Waals surface area contributed by atoms with Gasteiger partial charge in [0.15, 0.2) is 5.78 Å². The van der Waals surface area contributed by atoms with Crippen molar-refractivity contribution in [1.82, 2.24) is 4.90 Å². The van der Waals surface area contributed by atoms with Gasteiger partial charge in [-0.2, -0.15) is 0 Å². The van der Waals surface area contributed by atoms with Gasteiger partial charge in [-0.1, -0.05) is 52.7 Å². The summed E-state index contributed by atoms with van der Waals surface area (Å²) in [5.74, 6) is -0.177. The molecule has 1 aliphatic heterocycles. The lowest BCUT2D eigenvalue weighted by Gasteiger charge is -2.31. The van der Waals surface area contributed by atoms with E-state index in [-0.39, 0.29) is 17.7 Å². The lowest BCUT2D eigenvalue weighted by Crippen LogP contribution is -2.44. The number of halogens is 1. The summed E-state index contributed by atoms with van der Waals surface area (Å²) in [6.45, 7) is 3.83. The first-order chi connectivity index (χ1) is 12.6. The summed E-state index contributed by atoms with van der Waals surface area (Å²) in [6.07, 6.45) is 3.49. The van der Waals surface area contributed by atoms with E-state index < -0.39 is 0 Å². The van der Waals surface area contributed by atoms with Crippen molar-refractivity contribution in [3.8, 4) is 0 Å². The van der Waals surface area contributed by atoms with Gasteiger partial charge in [-0.15, -0.1) is 0 Å². The van der Waals surface area contributed by atoms with E-state index in [1.807, 2.05) is 31.2 Å². The highest BCUT2D eigenvalue weighted by molar-refractivity contribution is 9.10. The van der Waals surface area contributed by atoms with Gasteiger partial charge in [-0.3, -0.25) is 14.5 Å². The van der Waals surface area contributed by atoms with Crippen molar-refractivity contribution in [2.24, 2.45) is 0 Å². The molecule has 0 saturated carbocycles. The lowest BCUT2D eigenvalue weighted by atomic mass is 10.0. The van der Waals surface area contributed by atoms with E-state index in [4.69, 9.17) is 0 Å². The molecule has 5 heteroatoms. The standard InChI is InChI=1S/C21H23BrN2O2/c1-15(24-12-6-3-7-13-24)21(26)23-19-11-10-17(22)14-18(19)20(25)16-8-4-2-5-9-16/h2,4-5,8-11,14-15H,3,6-7,12-13H2,1H3,(H,23,26)/t15-/m0/s1. The topological polar surface area (TPSA) is 49.4 Å². The molecule has 1 aliphatic rings. The molecule has 0 spiro atoms. The number of carbonyl (C=O) groups excluding carboxylic acids is 2. The Hall–Kier alpha value is -1.98. The van der Waals surface area contributed by atoms with Gasteiger partial charge in [0.05, 0.1) is 11.7 Å². The fourth-order valence-corrected chi connectivity index (χ4v) is 3.63. The molecule has 1 heterocycles.